The van der Waals surface area contributed by atoms with Crippen molar-refractivity contribution in [1.29, 1.82) is 0 Å². The summed E-state index contributed by atoms with van der Waals surface area (Å²) >= 11 is 1.41. The molecule has 2 rings (SSSR count). The highest BCUT2D eigenvalue weighted by atomic mass is 32.2. The van der Waals surface area contributed by atoms with E-state index in [0.717, 1.165) is 9.18 Å². The van der Waals surface area contributed by atoms with Gasteiger partial charge in [-0.15, -0.1) is 11.3 Å². The zero-order valence-corrected chi connectivity index (χ0v) is 12.7. The zero-order valence-electron chi connectivity index (χ0n) is 11.1. The SMILES string of the molecule is Cc1cc(S(=O)(=O)N2CCC(C)C2C(=O)O)c(C)s1. The van der Waals surface area contributed by atoms with Crippen LogP contribution in [-0.2, 0) is 14.8 Å². The van der Waals surface area contributed by atoms with Crippen LogP contribution in [0.1, 0.15) is 23.1 Å². The Bertz CT molecular complexity index is 605. The second-order valence-electron chi connectivity index (χ2n) is 4.94. The molecule has 0 aliphatic carbocycles. The summed E-state index contributed by atoms with van der Waals surface area (Å²) in [4.78, 5) is 13.2. The summed E-state index contributed by atoms with van der Waals surface area (Å²) in [5.41, 5.74) is 0. The Morgan fingerprint density at radius 2 is 2.11 bits per heavy atom. The fourth-order valence-electron chi connectivity index (χ4n) is 2.54. The van der Waals surface area contributed by atoms with Crippen molar-refractivity contribution < 1.29 is 18.3 Å². The minimum absolute atomic E-state index is 0.160. The van der Waals surface area contributed by atoms with Crippen LogP contribution in [0.2, 0.25) is 0 Å². The minimum Gasteiger partial charge on any atom is -0.480 e. The number of nitrogens with zero attached hydrogens (tertiary/aromatic N) is 1. The van der Waals surface area contributed by atoms with E-state index < -0.39 is 22.0 Å². The van der Waals surface area contributed by atoms with Crippen LogP contribution < -0.4 is 0 Å². The third-order valence-electron chi connectivity index (χ3n) is 3.49. The minimum atomic E-state index is -3.71. The number of thiophene rings is 1. The predicted octanol–water partition coefficient (Wildman–Crippen LogP) is 1.85. The molecule has 5 nitrogen and oxygen atoms in total. The van der Waals surface area contributed by atoms with E-state index in [1.165, 1.54) is 11.3 Å². The molecule has 1 saturated heterocycles. The Kier molecular flexibility index (Phi) is 3.72. The van der Waals surface area contributed by atoms with E-state index in [2.05, 4.69) is 0 Å². The maximum atomic E-state index is 12.6. The van der Waals surface area contributed by atoms with Gasteiger partial charge in [-0.2, -0.15) is 4.31 Å². The molecule has 1 aliphatic heterocycles. The van der Waals surface area contributed by atoms with E-state index in [4.69, 9.17) is 0 Å². The van der Waals surface area contributed by atoms with Crippen molar-refractivity contribution >= 4 is 27.3 Å². The monoisotopic (exact) mass is 303 g/mol. The van der Waals surface area contributed by atoms with Crippen molar-refractivity contribution in [2.45, 2.75) is 38.1 Å². The largest absolute Gasteiger partial charge is 0.480 e. The van der Waals surface area contributed by atoms with E-state index in [1.807, 2.05) is 6.92 Å². The molecule has 2 unspecified atom stereocenters. The number of carboxylic acids is 1. The maximum absolute atomic E-state index is 12.6. The summed E-state index contributed by atoms with van der Waals surface area (Å²) < 4.78 is 26.3. The molecule has 1 aliphatic rings. The number of sulfonamides is 1. The second-order valence-corrected chi connectivity index (χ2v) is 8.26. The van der Waals surface area contributed by atoms with Gasteiger partial charge < -0.3 is 5.11 Å². The van der Waals surface area contributed by atoms with Gasteiger partial charge in [-0.25, -0.2) is 8.42 Å². The van der Waals surface area contributed by atoms with Gasteiger partial charge >= 0.3 is 5.97 Å². The van der Waals surface area contributed by atoms with Crippen LogP contribution in [0.3, 0.4) is 0 Å². The molecule has 1 aromatic heterocycles. The van der Waals surface area contributed by atoms with Crippen LogP contribution in [-0.4, -0.2) is 36.4 Å². The van der Waals surface area contributed by atoms with Crippen LogP contribution in [0.4, 0.5) is 0 Å². The number of hydrogen-bond acceptors (Lipinski definition) is 4. The van der Waals surface area contributed by atoms with Gasteiger partial charge in [0.15, 0.2) is 0 Å². The Morgan fingerprint density at radius 1 is 1.47 bits per heavy atom. The van der Waals surface area contributed by atoms with E-state index in [9.17, 15) is 18.3 Å². The van der Waals surface area contributed by atoms with Gasteiger partial charge in [0.1, 0.15) is 6.04 Å². The molecular formula is C12H17NO4S2. The lowest BCUT2D eigenvalue weighted by molar-refractivity contribution is -0.141. The molecule has 1 N–H and O–H groups in total. The standard InChI is InChI=1S/C12H17NO4S2/c1-7-4-5-13(11(7)12(14)15)19(16,17)10-6-8(2)18-9(10)3/h6-7,11H,4-5H2,1-3H3,(H,14,15). The van der Waals surface area contributed by atoms with Crippen LogP contribution in [0.15, 0.2) is 11.0 Å². The molecule has 0 saturated carbocycles. The summed E-state index contributed by atoms with van der Waals surface area (Å²) in [6, 6.07) is 0.668. The topological polar surface area (TPSA) is 74.7 Å². The molecule has 2 heterocycles. The quantitative estimate of drug-likeness (QED) is 0.924. The maximum Gasteiger partial charge on any atom is 0.322 e. The fourth-order valence-corrected chi connectivity index (χ4v) is 5.76. The number of carboxylic acid groups (broad SMARTS) is 1. The summed E-state index contributed by atoms with van der Waals surface area (Å²) in [5.74, 6) is -1.23. The third-order valence-corrected chi connectivity index (χ3v) is 6.59. The average molecular weight is 303 g/mol. The van der Waals surface area contributed by atoms with E-state index in [0.29, 0.717) is 11.3 Å². The highest BCUT2D eigenvalue weighted by Crippen LogP contribution is 2.34. The molecule has 106 valence electrons. The number of carbonyl (C=O) groups is 1. The first-order valence-corrected chi connectivity index (χ1v) is 8.32. The van der Waals surface area contributed by atoms with Crippen molar-refractivity contribution in [3.8, 4) is 0 Å². The third kappa shape index (κ3) is 2.42. The van der Waals surface area contributed by atoms with Crippen molar-refractivity contribution in [2.75, 3.05) is 6.54 Å². The Morgan fingerprint density at radius 3 is 2.58 bits per heavy atom. The molecule has 1 fully saturated rings. The number of rotatable bonds is 3. The Balaban J connectivity index is 2.45. The van der Waals surface area contributed by atoms with E-state index in [-0.39, 0.29) is 17.4 Å². The first kappa shape index (κ1) is 14.5. The van der Waals surface area contributed by atoms with Gasteiger partial charge in [0, 0.05) is 16.3 Å². The van der Waals surface area contributed by atoms with Gasteiger partial charge in [0.25, 0.3) is 0 Å². The Hall–Kier alpha value is -0.920. The molecule has 7 heteroatoms. The molecule has 1 aromatic rings. The predicted molar refractivity (Wildman–Crippen MR) is 72.9 cm³/mol. The molecule has 0 aromatic carbocycles. The summed E-state index contributed by atoms with van der Waals surface area (Å²) in [6.45, 7) is 5.65. The highest BCUT2D eigenvalue weighted by molar-refractivity contribution is 7.89. The van der Waals surface area contributed by atoms with Crippen molar-refractivity contribution in [3.63, 3.8) is 0 Å². The van der Waals surface area contributed by atoms with Crippen LogP contribution in [0, 0.1) is 19.8 Å². The molecule has 0 bridgehead atoms. The molecule has 2 atom stereocenters. The first-order chi connectivity index (χ1) is 8.75. The van der Waals surface area contributed by atoms with Crippen LogP contribution in [0.25, 0.3) is 0 Å². The van der Waals surface area contributed by atoms with Crippen molar-refractivity contribution in [1.82, 2.24) is 4.31 Å². The smallest absolute Gasteiger partial charge is 0.322 e. The summed E-state index contributed by atoms with van der Waals surface area (Å²) in [7, 11) is -3.71. The lowest BCUT2D eigenvalue weighted by Gasteiger charge is -2.22. The van der Waals surface area contributed by atoms with Crippen molar-refractivity contribution in [3.05, 3.63) is 15.8 Å². The Labute approximate surface area is 116 Å². The molecule has 0 radical (unpaired) electrons. The molecule has 19 heavy (non-hydrogen) atoms. The van der Waals surface area contributed by atoms with Gasteiger partial charge in [0.2, 0.25) is 10.0 Å². The van der Waals surface area contributed by atoms with Crippen LogP contribution >= 0.6 is 11.3 Å². The first-order valence-electron chi connectivity index (χ1n) is 6.07. The van der Waals surface area contributed by atoms with Gasteiger partial charge in [-0.05, 0) is 32.3 Å². The average Bonchev–Trinajstić information content (AvgIpc) is 2.82. The molecular weight excluding hydrogens is 286 g/mol. The summed E-state index contributed by atoms with van der Waals surface area (Å²) in [5, 5.41) is 9.24. The second kappa shape index (κ2) is 4.88. The number of hydrogen-bond donors (Lipinski definition) is 1. The molecule has 0 spiro atoms. The van der Waals surface area contributed by atoms with Gasteiger partial charge in [-0.3, -0.25) is 4.79 Å². The molecule has 0 amide bonds. The van der Waals surface area contributed by atoms with Gasteiger partial charge in [-0.1, -0.05) is 6.92 Å². The summed E-state index contributed by atoms with van der Waals surface area (Å²) in [6.07, 6.45) is 0.582. The lowest BCUT2D eigenvalue weighted by Crippen LogP contribution is -2.42. The fraction of sp³-hybridized carbons (Fsp3) is 0.583. The normalized spacial score (nSPS) is 24.8. The van der Waals surface area contributed by atoms with Crippen molar-refractivity contribution in [2.24, 2.45) is 5.92 Å². The van der Waals surface area contributed by atoms with E-state index in [1.54, 1.807) is 19.9 Å². The van der Waals surface area contributed by atoms with Gasteiger partial charge in [0.05, 0.1) is 4.90 Å². The van der Waals surface area contributed by atoms with Crippen LogP contribution in [0.5, 0.6) is 0 Å². The lowest BCUT2D eigenvalue weighted by atomic mass is 10.0. The number of aryl methyl sites for hydroxylation is 2. The number of aliphatic carboxylic acids is 1. The highest BCUT2D eigenvalue weighted by Gasteiger charge is 2.44. The van der Waals surface area contributed by atoms with E-state index >= 15 is 0 Å². The zero-order chi connectivity index (χ0) is 14.4.